The van der Waals surface area contributed by atoms with Crippen molar-refractivity contribution in [2.24, 2.45) is 0 Å². The van der Waals surface area contributed by atoms with Gasteiger partial charge in [-0.3, -0.25) is 14.8 Å². The summed E-state index contributed by atoms with van der Waals surface area (Å²) in [6.07, 6.45) is -0.0899. The molecule has 7 heteroatoms. The lowest BCUT2D eigenvalue weighted by atomic mass is 10.4. The molecule has 6 nitrogen and oxygen atoms in total. The number of rotatable bonds is 5. The molecule has 0 spiro atoms. The fourth-order valence-corrected chi connectivity index (χ4v) is 1.75. The summed E-state index contributed by atoms with van der Waals surface area (Å²) < 4.78 is 11.3. The Morgan fingerprint density at radius 3 is 1.68 bits per heavy atom. The first kappa shape index (κ1) is 29.2. The molecule has 2 amide bonds. The summed E-state index contributed by atoms with van der Waals surface area (Å²) in [6.45, 7) is 18.0. The van der Waals surface area contributed by atoms with E-state index in [0.717, 1.165) is 0 Å². The largest absolute Gasteiger partial charge is 0.347 e. The van der Waals surface area contributed by atoms with Crippen LogP contribution in [-0.4, -0.2) is 54.2 Å². The number of amides is 2. The van der Waals surface area contributed by atoms with Gasteiger partial charge in [0.15, 0.2) is 0 Å². The third-order valence-corrected chi connectivity index (χ3v) is 2.75. The number of hydrogen-bond acceptors (Lipinski definition) is 4. The van der Waals surface area contributed by atoms with Crippen LogP contribution in [0, 0.1) is 0 Å². The zero-order valence-corrected chi connectivity index (χ0v) is 17.0. The van der Waals surface area contributed by atoms with E-state index in [-0.39, 0.29) is 18.7 Å². The average Bonchev–Trinajstić information content (AvgIpc) is 2.48. The molecule has 0 atom stereocenters. The number of nitrogens with zero attached hydrogens (tertiary/aromatic N) is 1. The van der Waals surface area contributed by atoms with Crippen molar-refractivity contribution in [2.75, 3.05) is 26.0 Å². The highest BCUT2D eigenvalue weighted by Gasteiger charge is 2.17. The van der Waals surface area contributed by atoms with E-state index in [1.54, 1.807) is 13.8 Å². The van der Waals surface area contributed by atoms with Crippen molar-refractivity contribution in [1.82, 2.24) is 10.4 Å². The second kappa shape index (κ2) is 18.2. The maximum atomic E-state index is 11.3. The first-order chi connectivity index (χ1) is 10.1. The Morgan fingerprint density at radius 2 is 1.41 bits per heavy atom. The van der Waals surface area contributed by atoms with Crippen molar-refractivity contribution in [1.29, 1.82) is 0 Å². The predicted molar refractivity (Wildman–Crippen MR) is 95.1 cm³/mol. The smallest absolute Gasteiger partial charge is 0.265 e. The molecule has 136 valence electrons. The molecule has 22 heavy (non-hydrogen) atoms. The Balaban J connectivity index is -0.000000238. The number of nitrogens with one attached hydrogen (secondary N) is 1. The second-order valence-electron chi connectivity index (χ2n) is 4.34. The Labute approximate surface area is 137 Å². The van der Waals surface area contributed by atoms with Gasteiger partial charge in [-0.2, -0.15) is 0 Å². The Morgan fingerprint density at radius 1 is 1.05 bits per heavy atom. The van der Waals surface area contributed by atoms with Crippen LogP contribution in [0.25, 0.3) is 0 Å². The highest BCUT2D eigenvalue weighted by Crippen LogP contribution is 2.34. The van der Waals surface area contributed by atoms with E-state index < -0.39 is 19.0 Å². The summed E-state index contributed by atoms with van der Waals surface area (Å²) in [5.41, 5.74) is 0. The molecule has 0 saturated carbocycles. The summed E-state index contributed by atoms with van der Waals surface area (Å²) in [4.78, 5) is 22.5. The molecule has 0 saturated heterocycles. The minimum absolute atomic E-state index is 0.0899. The molecular formula is C15H37N2O4P. The quantitative estimate of drug-likeness (QED) is 0.456. The van der Waals surface area contributed by atoms with Crippen LogP contribution in [0.4, 0.5) is 0 Å². The van der Waals surface area contributed by atoms with Gasteiger partial charge < -0.3 is 9.88 Å². The van der Waals surface area contributed by atoms with Crippen molar-refractivity contribution >= 4 is 19.0 Å². The summed E-state index contributed by atoms with van der Waals surface area (Å²) in [5, 5.41) is 12.1. The number of carbonyl (C=O) groups is 2. The molecule has 0 aromatic carbocycles. The maximum Gasteiger partial charge on any atom is 0.265 e. The Bertz CT molecular complexity index is 315. The molecule has 2 N–H and O–H groups in total. The highest BCUT2D eigenvalue weighted by atomic mass is 31.2. The molecule has 0 fully saturated rings. The van der Waals surface area contributed by atoms with Crippen LogP contribution < -0.4 is 5.32 Å². The van der Waals surface area contributed by atoms with E-state index in [0.29, 0.717) is 5.06 Å². The third kappa shape index (κ3) is 21.4. The van der Waals surface area contributed by atoms with Crippen LogP contribution in [0.3, 0.4) is 0 Å². The maximum absolute atomic E-state index is 11.3. The summed E-state index contributed by atoms with van der Waals surface area (Å²) in [7, 11) is -2.42. The number of carbonyl (C=O) groups excluding carboxylic acids is 2. The van der Waals surface area contributed by atoms with Crippen molar-refractivity contribution < 1.29 is 19.4 Å². The summed E-state index contributed by atoms with van der Waals surface area (Å²) in [6, 6.07) is -0.340. The number of hydrogen-bond donors (Lipinski definition) is 2. The Kier molecular flexibility index (Phi) is 24.1. The molecule has 0 aliphatic rings. The topological polar surface area (TPSA) is 86.7 Å². The SMILES string of the molecule is CC.CC.CC.CC(C)N(O)C(=O)CNC(=O)CP(C)(C)=O. The van der Waals surface area contributed by atoms with E-state index in [9.17, 15) is 19.4 Å². The van der Waals surface area contributed by atoms with Crippen LogP contribution in [0.1, 0.15) is 55.4 Å². The lowest BCUT2D eigenvalue weighted by Crippen LogP contribution is -2.42. The minimum atomic E-state index is -2.42. The van der Waals surface area contributed by atoms with Gasteiger partial charge in [0.2, 0.25) is 5.91 Å². The van der Waals surface area contributed by atoms with E-state index in [2.05, 4.69) is 5.32 Å². The van der Waals surface area contributed by atoms with E-state index in [1.807, 2.05) is 41.5 Å². The van der Waals surface area contributed by atoms with Gasteiger partial charge in [0.05, 0.1) is 25.9 Å². The van der Waals surface area contributed by atoms with Crippen LogP contribution in [0.15, 0.2) is 0 Å². The molecule has 0 rings (SSSR count). The van der Waals surface area contributed by atoms with E-state index >= 15 is 0 Å². The molecule has 0 aliphatic heterocycles. The van der Waals surface area contributed by atoms with Crippen molar-refractivity contribution in [3.63, 3.8) is 0 Å². The summed E-state index contributed by atoms with van der Waals surface area (Å²) in [5.74, 6) is -1.04. The van der Waals surface area contributed by atoms with E-state index in [4.69, 9.17) is 0 Å². The van der Waals surface area contributed by atoms with Crippen LogP contribution in [0.5, 0.6) is 0 Å². The Hall–Kier alpha value is -0.870. The summed E-state index contributed by atoms with van der Waals surface area (Å²) >= 11 is 0. The van der Waals surface area contributed by atoms with Crippen molar-refractivity contribution in [2.45, 2.75) is 61.4 Å². The van der Waals surface area contributed by atoms with Gasteiger partial charge in [0, 0.05) is 0 Å². The van der Waals surface area contributed by atoms with Gasteiger partial charge in [0.1, 0.15) is 0 Å². The number of hydroxylamine groups is 2. The zero-order valence-electron chi connectivity index (χ0n) is 16.1. The molecule has 0 heterocycles. The molecule has 0 bridgehead atoms. The molecular weight excluding hydrogens is 303 g/mol. The van der Waals surface area contributed by atoms with Crippen molar-refractivity contribution in [3.8, 4) is 0 Å². The third-order valence-electron chi connectivity index (χ3n) is 1.71. The lowest BCUT2D eigenvalue weighted by Gasteiger charge is -2.19. The fraction of sp³-hybridized carbons (Fsp3) is 0.867. The average molecular weight is 340 g/mol. The molecule has 0 aliphatic carbocycles. The van der Waals surface area contributed by atoms with Crippen LogP contribution in [0.2, 0.25) is 0 Å². The standard InChI is InChI=1S/C9H19N2O4P.3C2H6/c1-7(2)11(14)9(13)5-10-8(12)6-16(3,4)15;3*1-2/h7,14H,5-6H2,1-4H3,(H,10,12);3*1-2H3. The monoisotopic (exact) mass is 340 g/mol. The highest BCUT2D eigenvalue weighted by molar-refractivity contribution is 7.63. The normalized spacial score (nSPS) is 9.09. The van der Waals surface area contributed by atoms with Crippen molar-refractivity contribution in [3.05, 3.63) is 0 Å². The first-order valence-corrected chi connectivity index (χ1v) is 10.7. The molecule has 0 aromatic heterocycles. The predicted octanol–water partition coefficient (Wildman–Crippen LogP) is 3.43. The van der Waals surface area contributed by atoms with Crippen LogP contribution >= 0.6 is 7.14 Å². The second-order valence-corrected chi connectivity index (χ2v) is 7.80. The fourth-order valence-electron chi connectivity index (χ4n) is 0.945. The van der Waals surface area contributed by atoms with Gasteiger partial charge in [-0.1, -0.05) is 41.5 Å². The minimum Gasteiger partial charge on any atom is -0.347 e. The zero-order chi connectivity index (χ0) is 18.9. The first-order valence-electron chi connectivity index (χ1n) is 7.95. The molecule has 0 radical (unpaired) electrons. The van der Waals surface area contributed by atoms with Gasteiger partial charge in [-0.15, -0.1) is 0 Å². The van der Waals surface area contributed by atoms with Gasteiger partial charge >= 0.3 is 0 Å². The lowest BCUT2D eigenvalue weighted by molar-refractivity contribution is -0.171. The van der Waals surface area contributed by atoms with Gasteiger partial charge in [-0.05, 0) is 27.2 Å². The molecule has 0 aromatic rings. The van der Waals surface area contributed by atoms with E-state index in [1.165, 1.54) is 13.3 Å². The van der Waals surface area contributed by atoms with Gasteiger partial charge in [-0.25, -0.2) is 5.06 Å². The van der Waals surface area contributed by atoms with Crippen LogP contribution in [-0.2, 0) is 14.2 Å². The molecule has 0 unspecified atom stereocenters. The van der Waals surface area contributed by atoms with Gasteiger partial charge in [0.25, 0.3) is 5.91 Å².